The van der Waals surface area contributed by atoms with Crippen molar-refractivity contribution in [1.82, 2.24) is 0 Å². The van der Waals surface area contributed by atoms with Crippen LogP contribution < -0.4 is 0 Å². The number of carbonyl (C=O) groups excluding carboxylic acids is 3. The summed E-state index contributed by atoms with van der Waals surface area (Å²) in [5.74, 6) is -1.04. The summed E-state index contributed by atoms with van der Waals surface area (Å²) in [5, 5.41) is 0. The van der Waals surface area contributed by atoms with E-state index in [1.54, 1.807) is 0 Å². The van der Waals surface area contributed by atoms with Crippen molar-refractivity contribution in [3.05, 3.63) is 97.2 Å². The number of ether oxygens (including phenoxy) is 3. The first-order valence-electron chi connectivity index (χ1n) is 22.8. The lowest BCUT2D eigenvalue weighted by Gasteiger charge is -2.18. The van der Waals surface area contributed by atoms with Crippen LogP contribution in [0.25, 0.3) is 0 Å². The summed E-state index contributed by atoms with van der Waals surface area (Å²) < 4.78 is 16.6. The summed E-state index contributed by atoms with van der Waals surface area (Å²) in [4.78, 5) is 37.7. The third-order valence-corrected chi connectivity index (χ3v) is 9.19. The first-order valence-corrected chi connectivity index (χ1v) is 22.8. The second-order valence-electron chi connectivity index (χ2n) is 14.7. The van der Waals surface area contributed by atoms with Gasteiger partial charge in [-0.15, -0.1) is 0 Å². The molecule has 0 saturated carbocycles. The summed E-state index contributed by atoms with van der Waals surface area (Å²) in [6.07, 6.45) is 58.3. The van der Waals surface area contributed by atoms with Gasteiger partial charge in [-0.25, -0.2) is 0 Å². The molecule has 322 valence electrons. The Bertz CT molecular complexity index is 1180. The molecule has 0 fully saturated rings. The molecule has 6 heteroatoms. The molecule has 0 radical (unpaired) electrons. The standard InChI is InChI=1S/C51H82O6/c1-4-7-10-13-16-19-22-25-28-31-34-37-40-43-49(52)55-46-48(57-51(54)45-42-39-36-33-30-27-24-21-18-15-12-9-6-3)47-56-50(53)44-41-38-35-32-29-26-23-20-17-14-11-8-5-2/h7,9-10,12-13,15-16,18-19,21-22,24,26,29,35,38,48H,4-6,8,11,14,17,20,23,25,27-28,30-34,36-37,39-47H2,1-3H3/b10-7+,12-9+,16-13+,18-15+,22-19+,24-21+,29-26+,38-35+. The van der Waals surface area contributed by atoms with Crippen LogP contribution in [-0.2, 0) is 28.6 Å². The highest BCUT2D eigenvalue weighted by Crippen LogP contribution is 2.12. The maximum Gasteiger partial charge on any atom is 0.306 e. The van der Waals surface area contributed by atoms with Gasteiger partial charge in [0.25, 0.3) is 0 Å². The Morgan fingerprint density at radius 2 is 0.789 bits per heavy atom. The van der Waals surface area contributed by atoms with E-state index in [1.807, 2.05) is 18.2 Å². The van der Waals surface area contributed by atoms with Gasteiger partial charge >= 0.3 is 17.9 Å². The second-order valence-corrected chi connectivity index (χ2v) is 14.7. The molecule has 0 spiro atoms. The van der Waals surface area contributed by atoms with Crippen LogP contribution in [-0.4, -0.2) is 37.2 Å². The molecule has 0 amide bonds. The van der Waals surface area contributed by atoms with E-state index in [2.05, 4.69) is 99.8 Å². The molecule has 0 rings (SSSR count). The fourth-order valence-electron chi connectivity index (χ4n) is 5.79. The van der Waals surface area contributed by atoms with E-state index in [0.29, 0.717) is 12.8 Å². The van der Waals surface area contributed by atoms with Gasteiger partial charge in [0.2, 0.25) is 0 Å². The smallest absolute Gasteiger partial charge is 0.306 e. The predicted molar refractivity (Wildman–Crippen MR) is 242 cm³/mol. The Balaban J connectivity index is 4.54. The topological polar surface area (TPSA) is 78.9 Å². The maximum atomic E-state index is 12.7. The van der Waals surface area contributed by atoms with E-state index in [0.717, 1.165) is 103 Å². The van der Waals surface area contributed by atoms with Crippen molar-refractivity contribution in [3.8, 4) is 0 Å². The largest absolute Gasteiger partial charge is 0.462 e. The Hall–Kier alpha value is -3.67. The van der Waals surface area contributed by atoms with Crippen LogP contribution in [0, 0.1) is 0 Å². The molecule has 0 saturated heterocycles. The normalized spacial score (nSPS) is 13.0. The van der Waals surface area contributed by atoms with Gasteiger partial charge in [0.15, 0.2) is 6.10 Å². The molecule has 0 aromatic rings. The van der Waals surface area contributed by atoms with Gasteiger partial charge in [-0.1, -0.05) is 189 Å². The van der Waals surface area contributed by atoms with Crippen LogP contribution in [0.4, 0.5) is 0 Å². The van der Waals surface area contributed by atoms with Crippen LogP contribution in [0.1, 0.15) is 188 Å². The van der Waals surface area contributed by atoms with Gasteiger partial charge in [0, 0.05) is 19.3 Å². The molecule has 0 aromatic carbocycles. The van der Waals surface area contributed by atoms with Crippen LogP contribution in [0.3, 0.4) is 0 Å². The lowest BCUT2D eigenvalue weighted by molar-refractivity contribution is -0.166. The molecule has 57 heavy (non-hydrogen) atoms. The lowest BCUT2D eigenvalue weighted by Crippen LogP contribution is -2.30. The summed E-state index contributed by atoms with van der Waals surface area (Å²) in [5.41, 5.74) is 0. The zero-order valence-electron chi connectivity index (χ0n) is 36.6. The molecule has 0 aliphatic carbocycles. The number of hydrogen-bond acceptors (Lipinski definition) is 6. The first-order chi connectivity index (χ1) is 28.0. The number of allylic oxidation sites excluding steroid dienone is 16. The Morgan fingerprint density at radius 3 is 1.30 bits per heavy atom. The summed E-state index contributed by atoms with van der Waals surface area (Å²) in [6.45, 7) is 6.24. The van der Waals surface area contributed by atoms with Crippen molar-refractivity contribution in [2.45, 2.75) is 194 Å². The van der Waals surface area contributed by atoms with E-state index in [1.165, 1.54) is 38.5 Å². The van der Waals surface area contributed by atoms with Crippen molar-refractivity contribution < 1.29 is 28.6 Å². The Morgan fingerprint density at radius 1 is 0.386 bits per heavy atom. The van der Waals surface area contributed by atoms with Crippen LogP contribution in [0.15, 0.2) is 97.2 Å². The molecule has 0 aliphatic heterocycles. The average Bonchev–Trinajstić information content (AvgIpc) is 3.21. The zero-order valence-corrected chi connectivity index (χ0v) is 36.6. The molecule has 0 aliphatic rings. The third-order valence-electron chi connectivity index (χ3n) is 9.19. The number of esters is 3. The van der Waals surface area contributed by atoms with Crippen molar-refractivity contribution in [2.24, 2.45) is 0 Å². The minimum absolute atomic E-state index is 0.116. The second kappa shape index (κ2) is 45.0. The predicted octanol–water partition coefficient (Wildman–Crippen LogP) is 14.6. The van der Waals surface area contributed by atoms with Gasteiger partial charge < -0.3 is 14.2 Å². The van der Waals surface area contributed by atoms with E-state index < -0.39 is 6.10 Å². The highest BCUT2D eigenvalue weighted by molar-refractivity contribution is 5.71. The molecular weight excluding hydrogens is 709 g/mol. The van der Waals surface area contributed by atoms with Crippen molar-refractivity contribution in [3.63, 3.8) is 0 Å². The van der Waals surface area contributed by atoms with Crippen molar-refractivity contribution in [2.75, 3.05) is 13.2 Å². The van der Waals surface area contributed by atoms with Crippen molar-refractivity contribution in [1.29, 1.82) is 0 Å². The highest BCUT2D eigenvalue weighted by atomic mass is 16.6. The Kier molecular flexibility index (Phi) is 42.1. The molecule has 0 N–H and O–H groups in total. The quantitative estimate of drug-likeness (QED) is 0.0203. The van der Waals surface area contributed by atoms with E-state index in [9.17, 15) is 14.4 Å². The summed E-state index contributed by atoms with van der Waals surface area (Å²) >= 11 is 0. The van der Waals surface area contributed by atoms with E-state index in [-0.39, 0.29) is 44.0 Å². The lowest BCUT2D eigenvalue weighted by atomic mass is 10.1. The van der Waals surface area contributed by atoms with E-state index >= 15 is 0 Å². The molecule has 1 atom stereocenters. The molecule has 0 bridgehead atoms. The van der Waals surface area contributed by atoms with Gasteiger partial charge in [-0.2, -0.15) is 0 Å². The summed E-state index contributed by atoms with van der Waals surface area (Å²) in [6, 6.07) is 0. The SMILES string of the molecule is CC/C=C/C=C/C=C/CCCCCCCC(=O)OCC(COC(=O)CC/C=C/C/C=C/CCCCCCCC)OC(=O)CCCCCCC/C=C/C=C/C=C/CC. The highest BCUT2D eigenvalue weighted by Gasteiger charge is 2.19. The van der Waals surface area contributed by atoms with Gasteiger partial charge in [0.1, 0.15) is 13.2 Å². The van der Waals surface area contributed by atoms with Crippen LogP contribution in [0.2, 0.25) is 0 Å². The fourth-order valence-corrected chi connectivity index (χ4v) is 5.79. The molecule has 6 nitrogen and oxygen atoms in total. The summed E-state index contributed by atoms with van der Waals surface area (Å²) in [7, 11) is 0. The molecule has 1 unspecified atom stereocenters. The van der Waals surface area contributed by atoms with Crippen LogP contribution >= 0.6 is 0 Å². The van der Waals surface area contributed by atoms with Gasteiger partial charge in [-0.3, -0.25) is 14.4 Å². The Labute approximate surface area is 349 Å². The van der Waals surface area contributed by atoms with E-state index in [4.69, 9.17) is 14.2 Å². The van der Waals surface area contributed by atoms with Crippen LogP contribution in [0.5, 0.6) is 0 Å². The number of hydrogen-bond donors (Lipinski definition) is 0. The molecule has 0 heterocycles. The molecule has 0 aromatic heterocycles. The monoisotopic (exact) mass is 791 g/mol. The minimum atomic E-state index is -0.818. The van der Waals surface area contributed by atoms with Crippen molar-refractivity contribution >= 4 is 17.9 Å². The fraction of sp³-hybridized carbons (Fsp3) is 0.627. The maximum absolute atomic E-state index is 12.7. The number of unbranched alkanes of at least 4 members (excludes halogenated alkanes) is 16. The molecular formula is C51H82O6. The minimum Gasteiger partial charge on any atom is -0.462 e. The van der Waals surface area contributed by atoms with Gasteiger partial charge in [-0.05, 0) is 77.0 Å². The number of carbonyl (C=O) groups is 3. The number of rotatable bonds is 39. The zero-order chi connectivity index (χ0) is 41.5. The third kappa shape index (κ3) is 43.3. The van der Waals surface area contributed by atoms with Gasteiger partial charge in [0.05, 0.1) is 0 Å². The first kappa shape index (κ1) is 53.3. The average molecular weight is 791 g/mol.